The zero-order valence-corrected chi connectivity index (χ0v) is 16.8. The smallest absolute Gasteiger partial charge is 0.408 e. The molecule has 0 aliphatic rings. The Morgan fingerprint density at radius 2 is 1.36 bits per heavy atom. The third-order valence-electron chi connectivity index (χ3n) is 3.22. The molecule has 0 unspecified atom stereocenters. The second-order valence-electron chi connectivity index (χ2n) is 8.04. The normalized spacial score (nSPS) is 14.0. The molecule has 25 heavy (non-hydrogen) atoms. The lowest BCUT2D eigenvalue weighted by atomic mass is 10.0. The lowest BCUT2D eigenvalue weighted by Crippen LogP contribution is -2.53. The molecule has 0 aliphatic carbocycles. The van der Waals surface area contributed by atoms with Gasteiger partial charge in [-0.15, -0.1) is 0 Å². The fraction of sp³-hybridized carbons (Fsp3) is 0.833. The molecule has 0 aromatic heterocycles. The van der Waals surface area contributed by atoms with E-state index in [-0.39, 0.29) is 11.8 Å². The predicted molar refractivity (Wildman–Crippen MR) is 96.0 cm³/mol. The molecule has 146 valence electrons. The van der Waals surface area contributed by atoms with Crippen LogP contribution in [0.5, 0.6) is 0 Å². The molecule has 0 radical (unpaired) electrons. The Kier molecular flexibility index (Phi) is 9.52. The molecule has 0 saturated carbocycles. The first kappa shape index (κ1) is 23.2. The minimum atomic E-state index is -0.783. The topological polar surface area (TPSA) is 93.7 Å². The number of esters is 1. The molecule has 0 rings (SSSR count). The first-order valence-corrected chi connectivity index (χ1v) is 8.73. The van der Waals surface area contributed by atoms with Crippen molar-refractivity contribution in [2.45, 2.75) is 79.0 Å². The standard InChI is InChI=1S/C18H34N2O5/c1-11(2)9-13(20-17(23)25-18(5,6)7)15(21)19-14(10-12(3)4)16(22)24-8/h11-14H,9-10H2,1-8H3,(H,19,21)(H,20,23)/t13-,14+/m0/s1. The van der Waals surface area contributed by atoms with Crippen molar-refractivity contribution in [2.75, 3.05) is 7.11 Å². The number of nitrogens with one attached hydrogen (secondary N) is 2. The minimum absolute atomic E-state index is 0.173. The molecule has 0 aliphatic heterocycles. The summed E-state index contributed by atoms with van der Waals surface area (Å²) in [6.45, 7) is 13.0. The van der Waals surface area contributed by atoms with E-state index in [2.05, 4.69) is 10.6 Å². The van der Waals surface area contributed by atoms with Crippen molar-refractivity contribution in [1.82, 2.24) is 10.6 Å². The van der Waals surface area contributed by atoms with Crippen LogP contribution in [0.25, 0.3) is 0 Å². The largest absolute Gasteiger partial charge is 0.467 e. The van der Waals surface area contributed by atoms with E-state index in [1.165, 1.54) is 7.11 Å². The van der Waals surface area contributed by atoms with Crippen molar-refractivity contribution < 1.29 is 23.9 Å². The van der Waals surface area contributed by atoms with Crippen molar-refractivity contribution in [3.05, 3.63) is 0 Å². The second-order valence-corrected chi connectivity index (χ2v) is 8.04. The van der Waals surface area contributed by atoms with Gasteiger partial charge in [-0.2, -0.15) is 0 Å². The van der Waals surface area contributed by atoms with Gasteiger partial charge in [0.1, 0.15) is 17.7 Å². The van der Waals surface area contributed by atoms with Gasteiger partial charge in [0.15, 0.2) is 0 Å². The SMILES string of the molecule is COC(=O)[C@@H](CC(C)C)NC(=O)[C@H](CC(C)C)NC(=O)OC(C)(C)C. The highest BCUT2D eigenvalue weighted by molar-refractivity contribution is 5.89. The lowest BCUT2D eigenvalue weighted by Gasteiger charge is -2.26. The number of amides is 2. The molecule has 0 heterocycles. The summed E-state index contributed by atoms with van der Waals surface area (Å²) in [6.07, 6.45) is 0.228. The van der Waals surface area contributed by atoms with Crippen molar-refractivity contribution in [1.29, 1.82) is 0 Å². The van der Waals surface area contributed by atoms with Crippen molar-refractivity contribution >= 4 is 18.0 Å². The van der Waals surface area contributed by atoms with E-state index in [1.807, 2.05) is 27.7 Å². The Hall–Kier alpha value is -1.79. The van der Waals surface area contributed by atoms with Gasteiger partial charge in [0.2, 0.25) is 5.91 Å². The fourth-order valence-corrected chi connectivity index (χ4v) is 2.25. The maximum absolute atomic E-state index is 12.6. The number of ether oxygens (including phenoxy) is 2. The van der Waals surface area contributed by atoms with Crippen LogP contribution in [0.1, 0.15) is 61.3 Å². The minimum Gasteiger partial charge on any atom is -0.467 e. The van der Waals surface area contributed by atoms with E-state index < -0.39 is 35.7 Å². The highest BCUT2D eigenvalue weighted by Gasteiger charge is 2.29. The molecule has 7 nitrogen and oxygen atoms in total. The molecule has 0 aromatic carbocycles. The van der Waals surface area contributed by atoms with Gasteiger partial charge < -0.3 is 20.1 Å². The molecule has 0 bridgehead atoms. The van der Waals surface area contributed by atoms with E-state index in [0.717, 1.165) is 0 Å². The molecule has 7 heteroatoms. The molecule has 0 aromatic rings. The summed E-state index contributed by atoms with van der Waals surface area (Å²) in [6, 6.07) is -1.53. The van der Waals surface area contributed by atoms with E-state index >= 15 is 0 Å². The highest BCUT2D eigenvalue weighted by atomic mass is 16.6. The van der Waals surface area contributed by atoms with Crippen LogP contribution in [0.4, 0.5) is 4.79 Å². The monoisotopic (exact) mass is 358 g/mol. The maximum atomic E-state index is 12.6. The number of hydrogen-bond acceptors (Lipinski definition) is 5. The van der Waals surface area contributed by atoms with Crippen LogP contribution in [-0.2, 0) is 19.1 Å². The summed E-state index contributed by atoms with van der Waals surface area (Å²) in [7, 11) is 1.28. The van der Waals surface area contributed by atoms with Crippen LogP contribution in [0.15, 0.2) is 0 Å². The molecule has 2 amide bonds. The number of carbonyl (C=O) groups is 3. The highest BCUT2D eigenvalue weighted by Crippen LogP contribution is 2.11. The van der Waals surface area contributed by atoms with Crippen LogP contribution < -0.4 is 10.6 Å². The average molecular weight is 358 g/mol. The number of methoxy groups -OCH3 is 1. The molecule has 2 N–H and O–H groups in total. The lowest BCUT2D eigenvalue weighted by molar-refractivity contribution is -0.145. The first-order chi connectivity index (χ1) is 11.4. The van der Waals surface area contributed by atoms with Gasteiger partial charge in [-0.1, -0.05) is 27.7 Å². The van der Waals surface area contributed by atoms with E-state index in [4.69, 9.17) is 9.47 Å². The van der Waals surface area contributed by atoms with Crippen molar-refractivity contribution in [3.8, 4) is 0 Å². The van der Waals surface area contributed by atoms with E-state index in [9.17, 15) is 14.4 Å². The number of hydrogen-bond donors (Lipinski definition) is 2. The van der Waals surface area contributed by atoms with E-state index in [0.29, 0.717) is 12.8 Å². The molecular weight excluding hydrogens is 324 g/mol. The van der Waals surface area contributed by atoms with Gasteiger partial charge in [-0.25, -0.2) is 9.59 Å². The first-order valence-electron chi connectivity index (χ1n) is 8.73. The average Bonchev–Trinajstić information content (AvgIpc) is 2.41. The van der Waals surface area contributed by atoms with Crippen LogP contribution in [-0.4, -0.2) is 42.8 Å². The molecule has 0 fully saturated rings. The Bertz CT molecular complexity index is 455. The van der Waals surface area contributed by atoms with E-state index in [1.54, 1.807) is 20.8 Å². The van der Waals surface area contributed by atoms with Crippen molar-refractivity contribution in [2.24, 2.45) is 11.8 Å². The number of alkyl carbamates (subject to hydrolysis) is 1. The molecular formula is C18H34N2O5. The van der Waals surface area contributed by atoms with Crippen LogP contribution >= 0.6 is 0 Å². The summed E-state index contributed by atoms with van der Waals surface area (Å²) in [5.74, 6) is -0.544. The molecule has 2 atom stereocenters. The third kappa shape index (κ3) is 10.6. The maximum Gasteiger partial charge on any atom is 0.408 e. The summed E-state index contributed by atoms with van der Waals surface area (Å²) in [5.41, 5.74) is -0.658. The fourth-order valence-electron chi connectivity index (χ4n) is 2.25. The quantitative estimate of drug-likeness (QED) is 0.651. The Balaban J connectivity index is 5.07. The number of rotatable bonds is 8. The number of carbonyl (C=O) groups excluding carboxylic acids is 3. The Morgan fingerprint density at radius 1 is 0.880 bits per heavy atom. The van der Waals surface area contributed by atoms with Gasteiger partial charge in [0.05, 0.1) is 7.11 Å². The molecule has 0 saturated heterocycles. The summed E-state index contributed by atoms with van der Waals surface area (Å²) >= 11 is 0. The summed E-state index contributed by atoms with van der Waals surface area (Å²) < 4.78 is 9.97. The third-order valence-corrected chi connectivity index (χ3v) is 3.22. The molecule has 0 spiro atoms. The van der Waals surface area contributed by atoms with Gasteiger partial charge in [0, 0.05) is 0 Å². The van der Waals surface area contributed by atoms with Crippen LogP contribution in [0.3, 0.4) is 0 Å². The van der Waals surface area contributed by atoms with Crippen LogP contribution in [0, 0.1) is 11.8 Å². The van der Waals surface area contributed by atoms with Gasteiger partial charge >= 0.3 is 12.1 Å². The summed E-state index contributed by atoms with van der Waals surface area (Å²) in [4.78, 5) is 36.5. The van der Waals surface area contributed by atoms with Gasteiger partial charge in [0.25, 0.3) is 0 Å². The second kappa shape index (κ2) is 10.3. The Morgan fingerprint density at radius 3 is 1.76 bits per heavy atom. The van der Waals surface area contributed by atoms with Gasteiger partial charge in [-0.3, -0.25) is 4.79 Å². The zero-order valence-electron chi connectivity index (χ0n) is 16.8. The van der Waals surface area contributed by atoms with Crippen LogP contribution in [0.2, 0.25) is 0 Å². The predicted octanol–water partition coefficient (Wildman–Crippen LogP) is 2.63. The Labute approximate surface area is 151 Å². The van der Waals surface area contributed by atoms with Gasteiger partial charge in [-0.05, 0) is 45.4 Å². The summed E-state index contributed by atoms with van der Waals surface area (Å²) in [5, 5.41) is 5.28. The zero-order chi connectivity index (χ0) is 19.8. The van der Waals surface area contributed by atoms with Crippen molar-refractivity contribution in [3.63, 3.8) is 0 Å².